The molecule has 1 aromatic heterocycles. The summed E-state index contributed by atoms with van der Waals surface area (Å²) in [5.41, 5.74) is 0.927. The molecule has 0 fully saturated rings. The summed E-state index contributed by atoms with van der Waals surface area (Å²) in [4.78, 5) is 22.6. The molecular formula is C14H12O4. The van der Waals surface area contributed by atoms with Crippen molar-refractivity contribution in [2.24, 2.45) is 0 Å². The average molecular weight is 244 g/mol. The third-order valence-corrected chi connectivity index (χ3v) is 2.58. The molecule has 4 heteroatoms. The van der Waals surface area contributed by atoms with Crippen molar-refractivity contribution < 1.29 is 13.9 Å². The van der Waals surface area contributed by atoms with E-state index in [-0.39, 0.29) is 6.61 Å². The van der Waals surface area contributed by atoms with Gasteiger partial charge in [0.25, 0.3) is 0 Å². The Kier molecular flexibility index (Phi) is 3.28. The van der Waals surface area contributed by atoms with Gasteiger partial charge in [0.05, 0.1) is 5.56 Å². The molecule has 92 valence electrons. The molecule has 0 radical (unpaired) electrons. The fraction of sp³-hybridized carbons (Fsp3) is 0.143. The van der Waals surface area contributed by atoms with E-state index in [0.29, 0.717) is 16.7 Å². The molecule has 0 atom stereocenters. The highest BCUT2D eigenvalue weighted by Crippen LogP contribution is 2.21. The molecule has 0 N–H and O–H groups in total. The molecule has 0 aliphatic carbocycles. The van der Waals surface area contributed by atoms with Crippen LogP contribution in [0.5, 0.6) is 0 Å². The number of ether oxygens (including phenoxy) is 1. The Bertz CT molecular complexity index is 667. The van der Waals surface area contributed by atoms with E-state index in [1.165, 1.54) is 6.92 Å². The van der Waals surface area contributed by atoms with E-state index in [9.17, 15) is 9.59 Å². The van der Waals surface area contributed by atoms with E-state index < -0.39 is 11.6 Å². The van der Waals surface area contributed by atoms with Crippen LogP contribution in [0.15, 0.2) is 40.1 Å². The van der Waals surface area contributed by atoms with Gasteiger partial charge in [-0.15, -0.1) is 0 Å². The van der Waals surface area contributed by atoms with Crippen molar-refractivity contribution in [3.63, 3.8) is 0 Å². The Labute approximate surface area is 103 Å². The lowest BCUT2D eigenvalue weighted by Crippen LogP contribution is -2.13. The van der Waals surface area contributed by atoms with E-state index in [0.717, 1.165) is 5.39 Å². The van der Waals surface area contributed by atoms with Crippen LogP contribution in [-0.2, 0) is 16.1 Å². The molecule has 0 amide bonds. The minimum absolute atomic E-state index is 0.107. The van der Waals surface area contributed by atoms with Gasteiger partial charge in [-0.05, 0) is 11.6 Å². The number of fused-ring (bicyclic) bond motifs is 1. The fourth-order valence-corrected chi connectivity index (χ4v) is 1.76. The van der Waals surface area contributed by atoms with Gasteiger partial charge in [-0.2, -0.15) is 0 Å². The molecule has 2 rings (SSSR count). The summed E-state index contributed by atoms with van der Waals surface area (Å²) in [5.74, 6) is -0.447. The van der Waals surface area contributed by atoms with Crippen molar-refractivity contribution in [2.45, 2.75) is 13.5 Å². The first-order chi connectivity index (χ1) is 8.63. The maximum Gasteiger partial charge on any atom is 0.343 e. The van der Waals surface area contributed by atoms with Gasteiger partial charge in [0, 0.05) is 12.3 Å². The van der Waals surface area contributed by atoms with Gasteiger partial charge >= 0.3 is 11.6 Å². The highest BCUT2D eigenvalue weighted by molar-refractivity contribution is 5.87. The van der Waals surface area contributed by atoms with Crippen molar-refractivity contribution in [3.05, 3.63) is 52.4 Å². The first-order valence-electron chi connectivity index (χ1n) is 5.44. The lowest BCUT2D eigenvalue weighted by atomic mass is 10.1. The summed E-state index contributed by atoms with van der Waals surface area (Å²) in [5, 5.41) is 0.772. The van der Waals surface area contributed by atoms with Crippen molar-refractivity contribution >= 4 is 23.0 Å². The maximum atomic E-state index is 11.8. The number of para-hydroxylation sites is 1. The molecular weight excluding hydrogens is 232 g/mol. The van der Waals surface area contributed by atoms with Crippen LogP contribution < -0.4 is 5.63 Å². The van der Waals surface area contributed by atoms with Gasteiger partial charge in [0.2, 0.25) is 0 Å². The number of hydrogen-bond donors (Lipinski definition) is 0. The number of carbonyl (C=O) groups excluding carboxylic acids is 1. The molecule has 1 heterocycles. The normalized spacial score (nSPS) is 10.3. The van der Waals surface area contributed by atoms with Gasteiger partial charge in [0.1, 0.15) is 12.2 Å². The molecule has 0 aliphatic rings. The average Bonchev–Trinajstić information content (AvgIpc) is 2.35. The topological polar surface area (TPSA) is 56.5 Å². The predicted molar refractivity (Wildman–Crippen MR) is 68.0 cm³/mol. The Morgan fingerprint density at radius 2 is 2.17 bits per heavy atom. The standard InChI is InChI=1S/C14H12O4/c1-3-10-11-6-4-5-7-13(11)18-14(16)12(10)8-17-9(2)15/h3-7H,1,8H2,2H3. The monoisotopic (exact) mass is 244 g/mol. The summed E-state index contributed by atoms with van der Waals surface area (Å²) in [7, 11) is 0. The van der Waals surface area contributed by atoms with Crippen molar-refractivity contribution in [3.8, 4) is 0 Å². The van der Waals surface area contributed by atoms with E-state index >= 15 is 0 Å². The third kappa shape index (κ3) is 2.18. The second-order valence-electron chi connectivity index (χ2n) is 3.76. The molecule has 4 nitrogen and oxygen atoms in total. The largest absolute Gasteiger partial charge is 0.461 e. The van der Waals surface area contributed by atoms with Crippen molar-refractivity contribution in [1.29, 1.82) is 0 Å². The molecule has 2 aromatic rings. The van der Waals surface area contributed by atoms with Crippen LogP contribution in [0.2, 0.25) is 0 Å². The Morgan fingerprint density at radius 1 is 1.44 bits per heavy atom. The van der Waals surface area contributed by atoms with E-state index in [4.69, 9.17) is 9.15 Å². The lowest BCUT2D eigenvalue weighted by molar-refractivity contribution is -0.142. The Balaban J connectivity index is 2.64. The van der Waals surface area contributed by atoms with Crippen molar-refractivity contribution in [1.82, 2.24) is 0 Å². The molecule has 0 unspecified atom stereocenters. The molecule has 0 aliphatic heterocycles. The summed E-state index contributed by atoms with van der Waals surface area (Å²) in [6.45, 7) is 4.87. The zero-order valence-electron chi connectivity index (χ0n) is 9.93. The van der Waals surface area contributed by atoms with E-state index in [1.54, 1.807) is 18.2 Å². The van der Waals surface area contributed by atoms with Crippen LogP contribution in [0, 0.1) is 0 Å². The maximum absolute atomic E-state index is 11.8. The van der Waals surface area contributed by atoms with Gasteiger partial charge < -0.3 is 9.15 Å². The lowest BCUT2D eigenvalue weighted by Gasteiger charge is -2.07. The first-order valence-corrected chi connectivity index (χ1v) is 5.44. The van der Waals surface area contributed by atoms with Crippen LogP contribution in [0.25, 0.3) is 17.0 Å². The fourth-order valence-electron chi connectivity index (χ4n) is 1.76. The Hall–Kier alpha value is -2.36. The van der Waals surface area contributed by atoms with Gasteiger partial charge in [-0.3, -0.25) is 4.79 Å². The summed E-state index contributed by atoms with van der Waals surface area (Å²) >= 11 is 0. The quantitative estimate of drug-likeness (QED) is 0.615. The highest BCUT2D eigenvalue weighted by atomic mass is 16.5. The smallest absolute Gasteiger partial charge is 0.343 e. The number of rotatable bonds is 3. The van der Waals surface area contributed by atoms with E-state index in [2.05, 4.69) is 6.58 Å². The SMILES string of the molecule is C=Cc1c(COC(C)=O)c(=O)oc2ccccc12. The van der Waals surface area contributed by atoms with Gasteiger partial charge in [-0.25, -0.2) is 4.79 Å². The third-order valence-electron chi connectivity index (χ3n) is 2.58. The van der Waals surface area contributed by atoms with Gasteiger partial charge in [-0.1, -0.05) is 30.9 Å². The second kappa shape index (κ2) is 4.87. The molecule has 0 saturated carbocycles. The summed E-state index contributed by atoms with van der Waals surface area (Å²) in [6.07, 6.45) is 1.57. The number of benzene rings is 1. The second-order valence-corrected chi connectivity index (χ2v) is 3.76. The molecule has 18 heavy (non-hydrogen) atoms. The van der Waals surface area contributed by atoms with Crippen molar-refractivity contribution in [2.75, 3.05) is 0 Å². The number of carbonyl (C=O) groups is 1. The van der Waals surface area contributed by atoms with Crippen LogP contribution >= 0.6 is 0 Å². The van der Waals surface area contributed by atoms with Gasteiger partial charge in [0.15, 0.2) is 0 Å². The van der Waals surface area contributed by atoms with E-state index in [1.807, 2.05) is 12.1 Å². The van der Waals surface area contributed by atoms with Crippen LogP contribution in [0.4, 0.5) is 0 Å². The van der Waals surface area contributed by atoms with Crippen LogP contribution in [-0.4, -0.2) is 5.97 Å². The number of hydrogen-bond acceptors (Lipinski definition) is 4. The minimum Gasteiger partial charge on any atom is -0.461 e. The molecule has 1 aromatic carbocycles. The molecule has 0 saturated heterocycles. The predicted octanol–water partition coefficient (Wildman–Crippen LogP) is 2.50. The highest BCUT2D eigenvalue weighted by Gasteiger charge is 2.13. The zero-order valence-corrected chi connectivity index (χ0v) is 9.93. The molecule has 0 spiro atoms. The summed E-state index contributed by atoms with van der Waals surface area (Å²) in [6, 6.07) is 7.15. The van der Waals surface area contributed by atoms with Crippen LogP contribution in [0.1, 0.15) is 18.1 Å². The first kappa shape index (κ1) is 12.1. The molecule has 0 bridgehead atoms. The minimum atomic E-state index is -0.509. The van der Waals surface area contributed by atoms with Crippen LogP contribution in [0.3, 0.4) is 0 Å². The Morgan fingerprint density at radius 3 is 2.83 bits per heavy atom. The zero-order chi connectivity index (χ0) is 13.1. The number of esters is 1. The summed E-state index contributed by atoms with van der Waals surface area (Å²) < 4.78 is 10.0.